The summed E-state index contributed by atoms with van der Waals surface area (Å²) >= 11 is 0. The van der Waals surface area contributed by atoms with Crippen LogP contribution in [0, 0.1) is 6.92 Å². The quantitative estimate of drug-likeness (QED) is 0.847. The lowest BCUT2D eigenvalue weighted by Crippen LogP contribution is -2.24. The molecular formula is C16H24N2O2. The molecule has 0 atom stereocenters. The van der Waals surface area contributed by atoms with Crippen molar-refractivity contribution in [3.8, 4) is 0 Å². The fraction of sp³-hybridized carbons (Fsp3) is 0.438. The minimum absolute atomic E-state index is 0.266. The number of hydrogen-bond acceptors (Lipinski definition) is 4. The molecule has 0 saturated carbocycles. The fourth-order valence-electron chi connectivity index (χ4n) is 1.84. The molecule has 4 nitrogen and oxygen atoms in total. The third kappa shape index (κ3) is 4.18. The maximum Gasteiger partial charge on any atom is 0.173 e. The Kier molecular flexibility index (Phi) is 6.98. The molecule has 1 N–H and O–H groups in total. The number of para-hydroxylation sites is 1. The summed E-state index contributed by atoms with van der Waals surface area (Å²) in [6.07, 6.45) is -0.266. The zero-order valence-electron chi connectivity index (χ0n) is 12.9. The average molecular weight is 276 g/mol. The van der Waals surface area contributed by atoms with E-state index in [1.54, 1.807) is 14.2 Å². The van der Waals surface area contributed by atoms with Crippen molar-refractivity contribution in [3.05, 3.63) is 35.9 Å². The van der Waals surface area contributed by atoms with Gasteiger partial charge in [-0.1, -0.05) is 32.0 Å². The second-order valence-electron chi connectivity index (χ2n) is 4.13. The molecule has 0 radical (unpaired) electrons. The molecule has 0 saturated heterocycles. The first-order chi connectivity index (χ1) is 9.74. The van der Waals surface area contributed by atoms with E-state index in [-0.39, 0.29) is 6.29 Å². The third-order valence-corrected chi connectivity index (χ3v) is 2.88. The summed E-state index contributed by atoms with van der Waals surface area (Å²) in [4.78, 5) is 4.59. The molecule has 0 amide bonds. The zero-order chi connectivity index (χ0) is 15.0. The SMILES string of the molecule is CC.COC(CNc1nc2ccccc2cc1C)OC. The van der Waals surface area contributed by atoms with Gasteiger partial charge in [0.25, 0.3) is 0 Å². The maximum absolute atomic E-state index is 5.14. The number of ether oxygens (including phenoxy) is 2. The molecule has 2 rings (SSSR count). The van der Waals surface area contributed by atoms with Crippen LogP contribution in [0.3, 0.4) is 0 Å². The van der Waals surface area contributed by atoms with Gasteiger partial charge in [-0.25, -0.2) is 4.98 Å². The molecule has 20 heavy (non-hydrogen) atoms. The first-order valence-electron chi connectivity index (χ1n) is 6.90. The monoisotopic (exact) mass is 276 g/mol. The summed E-state index contributed by atoms with van der Waals surface area (Å²) in [5.74, 6) is 0.868. The van der Waals surface area contributed by atoms with Gasteiger partial charge in [0.15, 0.2) is 6.29 Å². The van der Waals surface area contributed by atoms with Crippen molar-refractivity contribution < 1.29 is 9.47 Å². The number of nitrogens with one attached hydrogen (secondary N) is 1. The van der Waals surface area contributed by atoms with Gasteiger partial charge in [0.2, 0.25) is 0 Å². The molecule has 1 aromatic carbocycles. The molecule has 110 valence electrons. The van der Waals surface area contributed by atoms with Crippen LogP contribution >= 0.6 is 0 Å². The highest BCUT2D eigenvalue weighted by molar-refractivity contribution is 5.81. The number of pyridine rings is 1. The number of anilines is 1. The lowest BCUT2D eigenvalue weighted by molar-refractivity contribution is -0.0914. The summed E-state index contributed by atoms with van der Waals surface area (Å²) in [7, 11) is 3.24. The summed E-state index contributed by atoms with van der Waals surface area (Å²) < 4.78 is 10.3. The van der Waals surface area contributed by atoms with Crippen molar-refractivity contribution in [1.82, 2.24) is 4.98 Å². The fourth-order valence-corrected chi connectivity index (χ4v) is 1.84. The van der Waals surface area contributed by atoms with Crippen molar-refractivity contribution >= 4 is 16.7 Å². The molecular weight excluding hydrogens is 252 g/mol. The van der Waals surface area contributed by atoms with Crippen LogP contribution in [-0.4, -0.2) is 32.0 Å². The number of aromatic nitrogens is 1. The molecule has 1 heterocycles. The Morgan fingerprint density at radius 2 is 1.80 bits per heavy atom. The Balaban J connectivity index is 0.000000956. The van der Waals surface area contributed by atoms with Crippen molar-refractivity contribution in [3.63, 3.8) is 0 Å². The smallest absolute Gasteiger partial charge is 0.173 e. The summed E-state index contributed by atoms with van der Waals surface area (Å²) in [5.41, 5.74) is 2.09. The van der Waals surface area contributed by atoms with E-state index in [0.717, 1.165) is 22.3 Å². The van der Waals surface area contributed by atoms with Gasteiger partial charge in [-0.05, 0) is 24.6 Å². The van der Waals surface area contributed by atoms with Gasteiger partial charge >= 0.3 is 0 Å². The standard InChI is InChI=1S/C14H18N2O2.C2H6/c1-10-8-11-6-4-5-7-12(11)16-14(10)15-9-13(17-2)18-3;1-2/h4-8,13H,9H2,1-3H3,(H,15,16);1-2H3. The van der Waals surface area contributed by atoms with E-state index in [1.807, 2.05) is 39.0 Å². The number of methoxy groups -OCH3 is 2. The molecule has 0 spiro atoms. The van der Waals surface area contributed by atoms with Gasteiger partial charge in [-0.15, -0.1) is 0 Å². The second kappa shape index (κ2) is 8.51. The number of benzene rings is 1. The van der Waals surface area contributed by atoms with Crippen LogP contribution in [0.4, 0.5) is 5.82 Å². The first kappa shape index (κ1) is 16.4. The van der Waals surface area contributed by atoms with E-state index < -0.39 is 0 Å². The minimum atomic E-state index is -0.266. The van der Waals surface area contributed by atoms with Crippen molar-refractivity contribution in [1.29, 1.82) is 0 Å². The summed E-state index contributed by atoms with van der Waals surface area (Å²) in [5, 5.41) is 4.39. The molecule has 1 aromatic heterocycles. The van der Waals surface area contributed by atoms with Crippen LogP contribution in [0.15, 0.2) is 30.3 Å². The molecule has 0 aliphatic heterocycles. The maximum atomic E-state index is 5.14. The topological polar surface area (TPSA) is 43.4 Å². The Labute approximate surface area is 121 Å². The Hall–Kier alpha value is -1.65. The van der Waals surface area contributed by atoms with Gasteiger partial charge in [0.05, 0.1) is 12.1 Å². The Bertz CT molecular complexity index is 525. The lowest BCUT2D eigenvalue weighted by Gasteiger charge is -2.16. The molecule has 0 aliphatic rings. The Morgan fingerprint density at radius 3 is 2.45 bits per heavy atom. The van der Waals surface area contributed by atoms with Crippen LogP contribution in [0.25, 0.3) is 10.9 Å². The zero-order valence-corrected chi connectivity index (χ0v) is 12.9. The number of fused-ring (bicyclic) bond motifs is 1. The highest BCUT2D eigenvalue weighted by Crippen LogP contribution is 2.19. The number of rotatable bonds is 5. The third-order valence-electron chi connectivity index (χ3n) is 2.88. The van der Waals surface area contributed by atoms with E-state index in [4.69, 9.17) is 9.47 Å². The molecule has 2 aromatic rings. The van der Waals surface area contributed by atoms with Gasteiger partial charge in [-0.3, -0.25) is 0 Å². The second-order valence-corrected chi connectivity index (χ2v) is 4.13. The van der Waals surface area contributed by atoms with Gasteiger partial charge in [0.1, 0.15) is 5.82 Å². The van der Waals surface area contributed by atoms with E-state index in [9.17, 15) is 0 Å². The normalized spacial score (nSPS) is 10.3. The lowest BCUT2D eigenvalue weighted by atomic mass is 10.1. The highest BCUT2D eigenvalue weighted by atomic mass is 16.7. The van der Waals surface area contributed by atoms with Crippen LogP contribution in [0.1, 0.15) is 19.4 Å². The van der Waals surface area contributed by atoms with E-state index in [2.05, 4.69) is 22.4 Å². The summed E-state index contributed by atoms with van der Waals surface area (Å²) in [6, 6.07) is 10.2. The van der Waals surface area contributed by atoms with Crippen LogP contribution in [0.5, 0.6) is 0 Å². The van der Waals surface area contributed by atoms with Gasteiger partial charge in [0, 0.05) is 19.6 Å². The predicted octanol–water partition coefficient (Wildman–Crippen LogP) is 3.60. The molecule has 0 aliphatic carbocycles. The first-order valence-corrected chi connectivity index (χ1v) is 6.90. The van der Waals surface area contributed by atoms with E-state index in [0.29, 0.717) is 6.54 Å². The van der Waals surface area contributed by atoms with Crippen molar-refractivity contribution in [2.75, 3.05) is 26.1 Å². The van der Waals surface area contributed by atoms with E-state index in [1.165, 1.54) is 0 Å². The van der Waals surface area contributed by atoms with Gasteiger partial charge in [-0.2, -0.15) is 0 Å². The number of aryl methyl sites for hydroxylation is 1. The average Bonchev–Trinajstić information content (AvgIpc) is 2.50. The largest absolute Gasteiger partial charge is 0.365 e. The number of nitrogens with zero attached hydrogens (tertiary/aromatic N) is 1. The van der Waals surface area contributed by atoms with Crippen molar-refractivity contribution in [2.45, 2.75) is 27.1 Å². The van der Waals surface area contributed by atoms with Crippen LogP contribution in [0.2, 0.25) is 0 Å². The van der Waals surface area contributed by atoms with E-state index >= 15 is 0 Å². The minimum Gasteiger partial charge on any atom is -0.365 e. The Morgan fingerprint density at radius 1 is 1.15 bits per heavy atom. The highest BCUT2D eigenvalue weighted by Gasteiger charge is 2.07. The molecule has 0 fully saturated rings. The van der Waals surface area contributed by atoms with Crippen LogP contribution < -0.4 is 5.32 Å². The van der Waals surface area contributed by atoms with Crippen molar-refractivity contribution in [2.24, 2.45) is 0 Å². The summed E-state index contributed by atoms with van der Waals surface area (Å²) in [6.45, 7) is 6.61. The molecule has 4 heteroatoms. The predicted molar refractivity (Wildman–Crippen MR) is 84.1 cm³/mol. The molecule has 0 bridgehead atoms. The molecule has 0 unspecified atom stereocenters. The number of hydrogen-bond donors (Lipinski definition) is 1. The van der Waals surface area contributed by atoms with Crippen LogP contribution in [-0.2, 0) is 9.47 Å². The van der Waals surface area contributed by atoms with Gasteiger partial charge < -0.3 is 14.8 Å².